The second kappa shape index (κ2) is 13.1. The van der Waals surface area contributed by atoms with Gasteiger partial charge in [0, 0.05) is 44.8 Å². The number of amides is 1. The molecule has 1 amide bonds. The number of aliphatic imine (C=N–C) groups is 1. The molecule has 0 radical (unpaired) electrons. The number of hydrogen-bond acceptors (Lipinski definition) is 8. The fourth-order valence-corrected chi connectivity index (χ4v) is 8.28. The molecule has 0 aliphatic carbocycles. The van der Waals surface area contributed by atoms with Crippen LogP contribution in [0.2, 0.25) is 0 Å². The molecule has 5 rings (SSSR count). The van der Waals surface area contributed by atoms with E-state index in [9.17, 15) is 34.8 Å². The number of alkyl halides is 3. The summed E-state index contributed by atoms with van der Waals surface area (Å²) in [7, 11) is -7.46. The Labute approximate surface area is 260 Å². The van der Waals surface area contributed by atoms with Crippen LogP contribution in [-0.4, -0.2) is 102 Å². The van der Waals surface area contributed by atoms with Crippen LogP contribution in [0.25, 0.3) is 0 Å². The Morgan fingerprint density at radius 3 is 2.40 bits per heavy atom. The first kappa shape index (κ1) is 33.5. The molecule has 16 heteroatoms. The van der Waals surface area contributed by atoms with Gasteiger partial charge < -0.3 is 10.1 Å². The van der Waals surface area contributed by atoms with Gasteiger partial charge in [-0.1, -0.05) is 18.2 Å². The molecular formula is C29H36F3N5O6S2. The van der Waals surface area contributed by atoms with Gasteiger partial charge in [-0.25, -0.2) is 25.9 Å². The van der Waals surface area contributed by atoms with E-state index in [4.69, 9.17) is 4.74 Å². The van der Waals surface area contributed by atoms with E-state index in [2.05, 4.69) is 19.9 Å². The summed E-state index contributed by atoms with van der Waals surface area (Å²) in [5, 5.41) is 2.58. The lowest BCUT2D eigenvalue weighted by Gasteiger charge is -2.34. The number of ether oxygens (including phenoxy) is 1. The summed E-state index contributed by atoms with van der Waals surface area (Å²) in [6, 6.07) is 9.15. The second-order valence-corrected chi connectivity index (χ2v) is 15.3. The highest BCUT2D eigenvalue weighted by Crippen LogP contribution is 2.34. The van der Waals surface area contributed by atoms with Gasteiger partial charge in [-0.05, 0) is 61.6 Å². The Balaban J connectivity index is 1.16. The van der Waals surface area contributed by atoms with Crippen LogP contribution in [0.1, 0.15) is 35.1 Å². The Hall–Kier alpha value is -2.89. The van der Waals surface area contributed by atoms with E-state index in [-0.39, 0.29) is 60.9 Å². The van der Waals surface area contributed by atoms with Gasteiger partial charge in [0.05, 0.1) is 29.4 Å². The van der Waals surface area contributed by atoms with Gasteiger partial charge in [-0.3, -0.25) is 14.7 Å². The SMILES string of the molecule is Cc1cc(S(=O)(=O)NCCN2CCOCC2)ccc1CCS(=O)(=O)N1CCC2(CC1)N=C(c1cccc(C(F)(F)F)c1)NC2=O. The van der Waals surface area contributed by atoms with Crippen LogP contribution >= 0.6 is 0 Å². The van der Waals surface area contributed by atoms with E-state index < -0.39 is 43.2 Å². The third-order valence-corrected chi connectivity index (χ3v) is 11.8. The van der Waals surface area contributed by atoms with Crippen molar-refractivity contribution in [2.75, 3.05) is 58.2 Å². The predicted molar refractivity (Wildman–Crippen MR) is 161 cm³/mol. The third kappa shape index (κ3) is 7.74. The summed E-state index contributed by atoms with van der Waals surface area (Å²) >= 11 is 0. The smallest absolute Gasteiger partial charge is 0.379 e. The minimum atomic E-state index is -4.55. The lowest BCUT2D eigenvalue weighted by Crippen LogP contribution is -2.50. The minimum absolute atomic E-state index is 0.0292. The molecule has 246 valence electrons. The number of nitrogens with one attached hydrogen (secondary N) is 2. The molecule has 1 spiro atoms. The number of nitrogens with zero attached hydrogens (tertiary/aromatic N) is 3. The zero-order valence-electron chi connectivity index (χ0n) is 24.8. The van der Waals surface area contributed by atoms with Crippen LogP contribution in [0.3, 0.4) is 0 Å². The van der Waals surface area contributed by atoms with Crippen molar-refractivity contribution in [1.29, 1.82) is 0 Å². The maximum atomic E-state index is 13.2. The molecule has 2 aromatic rings. The van der Waals surface area contributed by atoms with E-state index >= 15 is 0 Å². The van der Waals surface area contributed by atoms with Gasteiger partial charge in [-0.2, -0.15) is 13.2 Å². The number of amidine groups is 1. The average Bonchev–Trinajstić information content (AvgIpc) is 3.31. The molecule has 0 aromatic heterocycles. The summed E-state index contributed by atoms with van der Waals surface area (Å²) in [6.45, 7) is 5.39. The molecule has 3 heterocycles. The molecule has 0 bridgehead atoms. The normalized spacial score (nSPS) is 19.9. The highest BCUT2D eigenvalue weighted by atomic mass is 32.2. The van der Waals surface area contributed by atoms with Crippen LogP contribution in [0.5, 0.6) is 0 Å². The van der Waals surface area contributed by atoms with Crippen molar-refractivity contribution in [2.45, 2.75) is 42.8 Å². The highest BCUT2D eigenvalue weighted by molar-refractivity contribution is 7.89. The first-order valence-corrected chi connectivity index (χ1v) is 17.7. The topological polar surface area (TPSA) is 137 Å². The van der Waals surface area contributed by atoms with Crippen LogP contribution in [0.4, 0.5) is 13.2 Å². The standard InChI is InChI=1S/C29H36F3N5O6S2/c1-21-19-25(45(41,42)33-10-13-36-14-16-43-17-15-36)6-5-22(21)7-18-44(39,40)37-11-8-28(9-12-37)27(38)34-26(35-28)23-3-2-4-24(20-23)29(30,31)32/h2-6,19-20,33H,7-18H2,1H3,(H,34,35,38). The fraction of sp³-hybridized carbons (Fsp3) is 0.517. The number of carbonyl (C=O) groups excluding carboxylic acids is 1. The molecular weight excluding hydrogens is 635 g/mol. The maximum absolute atomic E-state index is 13.2. The van der Waals surface area contributed by atoms with E-state index in [1.54, 1.807) is 13.0 Å². The van der Waals surface area contributed by atoms with Gasteiger partial charge >= 0.3 is 6.18 Å². The second-order valence-electron chi connectivity index (χ2n) is 11.4. The molecule has 0 unspecified atom stereocenters. The molecule has 2 saturated heterocycles. The number of aryl methyl sites for hydroxylation is 2. The number of benzene rings is 2. The summed E-state index contributed by atoms with van der Waals surface area (Å²) in [4.78, 5) is 19.6. The first-order chi connectivity index (χ1) is 21.2. The van der Waals surface area contributed by atoms with Crippen LogP contribution in [-0.2, 0) is 42.2 Å². The lowest BCUT2D eigenvalue weighted by molar-refractivity contribution is -0.137. The summed E-state index contributed by atoms with van der Waals surface area (Å²) in [5.41, 5.74) is -0.628. The number of halogens is 3. The zero-order chi connectivity index (χ0) is 32.5. The zero-order valence-corrected chi connectivity index (χ0v) is 26.4. The number of morpholine rings is 1. The van der Waals surface area contributed by atoms with Gasteiger partial charge in [0.15, 0.2) is 0 Å². The van der Waals surface area contributed by atoms with E-state index in [1.165, 1.54) is 28.6 Å². The average molecular weight is 672 g/mol. The molecule has 45 heavy (non-hydrogen) atoms. The lowest BCUT2D eigenvalue weighted by atomic mass is 9.89. The predicted octanol–water partition coefficient (Wildman–Crippen LogP) is 1.91. The Kier molecular flexibility index (Phi) is 9.73. The molecule has 11 nitrogen and oxygen atoms in total. The molecule has 2 N–H and O–H groups in total. The minimum Gasteiger partial charge on any atom is -0.379 e. The van der Waals surface area contributed by atoms with Crippen molar-refractivity contribution in [3.8, 4) is 0 Å². The molecule has 3 aliphatic heterocycles. The Morgan fingerprint density at radius 1 is 1.02 bits per heavy atom. The van der Waals surface area contributed by atoms with Crippen molar-refractivity contribution < 1.29 is 39.5 Å². The Morgan fingerprint density at radius 2 is 1.73 bits per heavy atom. The fourth-order valence-electron chi connectivity index (χ4n) is 5.70. The number of rotatable bonds is 10. The van der Waals surface area contributed by atoms with E-state index in [1.807, 2.05) is 0 Å². The Bertz CT molecular complexity index is 1670. The van der Waals surface area contributed by atoms with Crippen molar-refractivity contribution in [1.82, 2.24) is 19.2 Å². The van der Waals surface area contributed by atoms with Crippen LogP contribution < -0.4 is 10.0 Å². The summed E-state index contributed by atoms with van der Waals surface area (Å²) in [5.74, 6) is -0.640. The van der Waals surface area contributed by atoms with Gasteiger partial charge in [0.25, 0.3) is 5.91 Å². The number of sulfonamides is 2. The monoisotopic (exact) mass is 671 g/mol. The largest absolute Gasteiger partial charge is 0.416 e. The first-order valence-electron chi connectivity index (χ1n) is 14.6. The van der Waals surface area contributed by atoms with E-state index in [0.717, 1.165) is 25.2 Å². The summed E-state index contributed by atoms with van der Waals surface area (Å²) < 4.78 is 101. The van der Waals surface area contributed by atoms with Crippen LogP contribution in [0, 0.1) is 6.92 Å². The van der Waals surface area contributed by atoms with Crippen LogP contribution in [0.15, 0.2) is 52.4 Å². The highest BCUT2D eigenvalue weighted by Gasteiger charge is 2.47. The van der Waals surface area contributed by atoms with Gasteiger partial charge in [-0.15, -0.1) is 0 Å². The maximum Gasteiger partial charge on any atom is 0.416 e. The van der Waals surface area contributed by atoms with Crippen molar-refractivity contribution in [2.24, 2.45) is 4.99 Å². The summed E-state index contributed by atoms with van der Waals surface area (Å²) in [6.07, 6.45) is -4.20. The quantitative estimate of drug-likeness (QED) is 0.394. The number of carbonyl (C=O) groups is 1. The van der Waals surface area contributed by atoms with E-state index in [0.29, 0.717) is 30.9 Å². The number of piperidine rings is 1. The van der Waals surface area contributed by atoms with Crippen molar-refractivity contribution in [3.05, 3.63) is 64.7 Å². The number of hydrogen-bond donors (Lipinski definition) is 2. The molecule has 0 saturated carbocycles. The molecule has 2 fully saturated rings. The molecule has 0 atom stereocenters. The molecule has 2 aromatic carbocycles. The molecule has 3 aliphatic rings. The van der Waals surface area contributed by atoms with Gasteiger partial charge in [0.1, 0.15) is 11.4 Å². The van der Waals surface area contributed by atoms with Crippen molar-refractivity contribution >= 4 is 31.8 Å². The van der Waals surface area contributed by atoms with Crippen molar-refractivity contribution in [3.63, 3.8) is 0 Å². The van der Waals surface area contributed by atoms with Gasteiger partial charge in [0.2, 0.25) is 20.0 Å². The third-order valence-electron chi connectivity index (χ3n) is 8.46.